The number of para-hydroxylation sites is 1. The van der Waals surface area contributed by atoms with Crippen LogP contribution in [0.25, 0.3) is 0 Å². The van der Waals surface area contributed by atoms with Crippen LogP contribution < -0.4 is 9.47 Å². The van der Waals surface area contributed by atoms with Gasteiger partial charge in [-0.1, -0.05) is 12.1 Å². The molecule has 5 heteroatoms. The fourth-order valence-corrected chi connectivity index (χ4v) is 4.05. The Labute approximate surface area is 145 Å². The molecule has 0 fully saturated rings. The summed E-state index contributed by atoms with van der Waals surface area (Å²) in [6.07, 6.45) is 3.33. The van der Waals surface area contributed by atoms with E-state index < -0.39 is 5.92 Å². The molecule has 0 saturated heterocycles. The van der Waals surface area contributed by atoms with Crippen molar-refractivity contribution in [3.63, 3.8) is 0 Å². The molecule has 0 amide bonds. The Morgan fingerprint density at radius 3 is 2.48 bits per heavy atom. The van der Waals surface area contributed by atoms with Crippen LogP contribution in [-0.4, -0.2) is 23.8 Å². The number of aliphatic hydroxyl groups is 1. The number of methoxy groups -OCH3 is 1. The molecule has 1 N–H and O–H groups in total. The second-order valence-electron chi connectivity index (χ2n) is 6.66. The Kier molecular flexibility index (Phi) is 3.86. The molecular formula is C20H20O5. The number of rotatable bonds is 2. The molecule has 0 radical (unpaired) electrons. The summed E-state index contributed by atoms with van der Waals surface area (Å²) in [6.45, 7) is 0. The highest BCUT2D eigenvalue weighted by atomic mass is 16.5. The molecule has 0 bridgehead atoms. The van der Waals surface area contributed by atoms with E-state index in [-0.39, 0.29) is 17.3 Å². The third-order valence-corrected chi connectivity index (χ3v) is 5.18. The summed E-state index contributed by atoms with van der Waals surface area (Å²) in [5.41, 5.74) is 1.60. The Morgan fingerprint density at radius 2 is 1.76 bits per heavy atom. The average molecular weight is 340 g/mol. The van der Waals surface area contributed by atoms with Crippen molar-refractivity contribution in [3.05, 3.63) is 46.4 Å². The van der Waals surface area contributed by atoms with Crippen LogP contribution in [-0.2, 0) is 9.59 Å². The second-order valence-corrected chi connectivity index (χ2v) is 6.66. The molecule has 1 aromatic rings. The number of carbonyl (C=O) groups excluding carboxylic acids is 2. The van der Waals surface area contributed by atoms with Gasteiger partial charge in [0, 0.05) is 42.4 Å². The van der Waals surface area contributed by atoms with Crippen LogP contribution in [0, 0.1) is 0 Å². The van der Waals surface area contributed by atoms with Crippen molar-refractivity contribution in [2.45, 2.75) is 44.4 Å². The van der Waals surface area contributed by atoms with Gasteiger partial charge >= 0.3 is 0 Å². The largest absolute Gasteiger partial charge is 0.512 e. The SMILES string of the molecule is COc1cccc2c1OC1=C(C(=O)CCC1)[C@@H]2C1=C(O)CCCC1=O. The van der Waals surface area contributed by atoms with E-state index in [1.165, 1.54) is 0 Å². The lowest BCUT2D eigenvalue weighted by atomic mass is 9.73. The number of ketones is 2. The van der Waals surface area contributed by atoms with E-state index in [4.69, 9.17) is 9.47 Å². The Morgan fingerprint density at radius 1 is 1.04 bits per heavy atom. The summed E-state index contributed by atoms with van der Waals surface area (Å²) in [7, 11) is 1.56. The minimum absolute atomic E-state index is 0.00149. The number of Topliss-reactive ketones (excluding diaryl/α,β-unsaturated/α-hetero) is 2. The fourth-order valence-electron chi connectivity index (χ4n) is 4.05. The topological polar surface area (TPSA) is 72.8 Å². The fraction of sp³-hybridized carbons (Fsp3) is 0.400. The zero-order chi connectivity index (χ0) is 17.6. The number of hydrogen-bond donors (Lipinski definition) is 1. The van der Waals surface area contributed by atoms with Crippen molar-refractivity contribution in [2.75, 3.05) is 7.11 Å². The molecule has 1 atom stereocenters. The van der Waals surface area contributed by atoms with E-state index in [0.717, 1.165) is 6.42 Å². The van der Waals surface area contributed by atoms with Crippen LogP contribution >= 0.6 is 0 Å². The van der Waals surface area contributed by atoms with Crippen molar-refractivity contribution < 1.29 is 24.2 Å². The normalized spacial score (nSPS) is 23.2. The molecule has 0 unspecified atom stereocenters. The first-order valence-electron chi connectivity index (χ1n) is 8.68. The number of allylic oxidation sites excluding steroid dienone is 4. The Balaban J connectivity index is 1.98. The summed E-state index contributed by atoms with van der Waals surface area (Å²) < 4.78 is 11.5. The van der Waals surface area contributed by atoms with Gasteiger partial charge in [0.05, 0.1) is 18.8 Å². The molecule has 1 aromatic carbocycles. The molecule has 3 aliphatic rings. The van der Waals surface area contributed by atoms with Gasteiger partial charge < -0.3 is 14.6 Å². The molecule has 1 aliphatic heterocycles. The molecule has 0 aromatic heterocycles. The van der Waals surface area contributed by atoms with E-state index in [1.807, 2.05) is 12.1 Å². The minimum Gasteiger partial charge on any atom is -0.512 e. The number of ether oxygens (including phenoxy) is 2. The van der Waals surface area contributed by atoms with Crippen molar-refractivity contribution in [1.29, 1.82) is 0 Å². The van der Waals surface area contributed by atoms with E-state index in [0.29, 0.717) is 66.1 Å². The van der Waals surface area contributed by atoms with E-state index >= 15 is 0 Å². The zero-order valence-corrected chi connectivity index (χ0v) is 14.1. The van der Waals surface area contributed by atoms with E-state index in [2.05, 4.69) is 0 Å². The van der Waals surface area contributed by atoms with Crippen LogP contribution in [0.1, 0.15) is 50.0 Å². The average Bonchev–Trinajstić information content (AvgIpc) is 2.60. The van der Waals surface area contributed by atoms with Gasteiger partial charge in [-0.05, 0) is 18.9 Å². The molecular weight excluding hydrogens is 320 g/mol. The van der Waals surface area contributed by atoms with Gasteiger partial charge in [-0.15, -0.1) is 0 Å². The van der Waals surface area contributed by atoms with Gasteiger partial charge in [0.15, 0.2) is 23.1 Å². The number of carbonyl (C=O) groups is 2. The van der Waals surface area contributed by atoms with Gasteiger partial charge in [0.2, 0.25) is 0 Å². The maximum Gasteiger partial charge on any atom is 0.172 e. The lowest BCUT2D eigenvalue weighted by Crippen LogP contribution is -2.29. The predicted octanol–water partition coefficient (Wildman–Crippen LogP) is 3.74. The van der Waals surface area contributed by atoms with Crippen molar-refractivity contribution in [3.8, 4) is 11.5 Å². The molecule has 0 saturated carbocycles. The molecule has 130 valence electrons. The summed E-state index contributed by atoms with van der Waals surface area (Å²) in [4.78, 5) is 25.3. The number of aliphatic hydroxyl groups excluding tert-OH is 1. The smallest absolute Gasteiger partial charge is 0.172 e. The lowest BCUT2D eigenvalue weighted by molar-refractivity contribution is -0.117. The number of benzene rings is 1. The van der Waals surface area contributed by atoms with Crippen molar-refractivity contribution >= 4 is 11.6 Å². The highest BCUT2D eigenvalue weighted by Crippen LogP contribution is 2.51. The first-order chi connectivity index (χ1) is 12.1. The third-order valence-electron chi connectivity index (χ3n) is 5.18. The first kappa shape index (κ1) is 15.9. The maximum absolute atomic E-state index is 12.7. The second kappa shape index (κ2) is 6.06. The zero-order valence-electron chi connectivity index (χ0n) is 14.1. The third kappa shape index (κ3) is 2.46. The first-order valence-corrected chi connectivity index (χ1v) is 8.68. The van der Waals surface area contributed by atoms with Gasteiger partial charge in [-0.3, -0.25) is 9.59 Å². The Bertz CT molecular complexity index is 830. The minimum atomic E-state index is -0.561. The number of hydrogen-bond acceptors (Lipinski definition) is 5. The van der Waals surface area contributed by atoms with Crippen molar-refractivity contribution in [1.82, 2.24) is 0 Å². The molecule has 2 aliphatic carbocycles. The summed E-state index contributed by atoms with van der Waals surface area (Å²) >= 11 is 0. The molecule has 1 heterocycles. The van der Waals surface area contributed by atoms with Gasteiger partial charge in [-0.2, -0.15) is 0 Å². The summed E-state index contributed by atoms with van der Waals surface area (Å²) in [5, 5.41) is 10.5. The van der Waals surface area contributed by atoms with Crippen molar-refractivity contribution in [2.24, 2.45) is 0 Å². The monoisotopic (exact) mass is 340 g/mol. The Hall–Kier alpha value is -2.56. The molecule has 4 rings (SSSR count). The quantitative estimate of drug-likeness (QED) is 0.888. The number of fused-ring (bicyclic) bond motifs is 1. The predicted molar refractivity (Wildman–Crippen MR) is 90.8 cm³/mol. The lowest BCUT2D eigenvalue weighted by Gasteiger charge is -2.35. The van der Waals surface area contributed by atoms with E-state index in [9.17, 15) is 14.7 Å². The van der Waals surface area contributed by atoms with Crippen LogP contribution in [0.4, 0.5) is 0 Å². The van der Waals surface area contributed by atoms with Gasteiger partial charge in [0.1, 0.15) is 5.76 Å². The maximum atomic E-state index is 12.7. The standard InChI is InChI=1S/C20H20O5/c1-24-16-10-2-5-11-17(18-12(21)6-3-7-13(18)22)19-14(23)8-4-9-15(19)25-20(11)16/h2,5,10,17,21H,3-4,6-9H2,1H3/t17-/m0/s1. The summed E-state index contributed by atoms with van der Waals surface area (Å²) in [6, 6.07) is 5.46. The highest BCUT2D eigenvalue weighted by molar-refractivity contribution is 6.05. The molecule has 5 nitrogen and oxygen atoms in total. The molecule has 25 heavy (non-hydrogen) atoms. The van der Waals surface area contributed by atoms with Crippen LogP contribution in [0.3, 0.4) is 0 Å². The van der Waals surface area contributed by atoms with Crippen LogP contribution in [0.2, 0.25) is 0 Å². The highest BCUT2D eigenvalue weighted by Gasteiger charge is 2.42. The summed E-state index contributed by atoms with van der Waals surface area (Å²) in [5.74, 6) is 1.17. The molecule has 0 spiro atoms. The van der Waals surface area contributed by atoms with Gasteiger partial charge in [-0.25, -0.2) is 0 Å². The van der Waals surface area contributed by atoms with Gasteiger partial charge in [0.25, 0.3) is 0 Å². The van der Waals surface area contributed by atoms with Crippen LogP contribution in [0.15, 0.2) is 40.9 Å². The van der Waals surface area contributed by atoms with E-state index in [1.54, 1.807) is 13.2 Å². The van der Waals surface area contributed by atoms with Crippen LogP contribution in [0.5, 0.6) is 11.5 Å².